The van der Waals surface area contributed by atoms with E-state index in [-0.39, 0.29) is 5.41 Å². The Morgan fingerprint density at radius 3 is 2.61 bits per heavy atom. The molecule has 0 spiro atoms. The fraction of sp³-hybridized carbons (Fsp3) is 0.692. The van der Waals surface area contributed by atoms with Gasteiger partial charge in [-0.3, -0.25) is 0 Å². The summed E-state index contributed by atoms with van der Waals surface area (Å²) in [5.41, 5.74) is 6.11. The van der Waals surface area contributed by atoms with E-state index >= 15 is 0 Å². The molecule has 18 heavy (non-hydrogen) atoms. The summed E-state index contributed by atoms with van der Waals surface area (Å²) in [6.45, 7) is 6.89. The third-order valence-corrected chi connectivity index (χ3v) is 3.80. The van der Waals surface area contributed by atoms with Crippen molar-refractivity contribution in [2.24, 2.45) is 11.1 Å². The number of anilines is 1. The van der Waals surface area contributed by atoms with Crippen molar-refractivity contribution in [3.63, 3.8) is 0 Å². The molecule has 0 amide bonds. The van der Waals surface area contributed by atoms with Gasteiger partial charge in [0.25, 0.3) is 0 Å². The number of ether oxygens (including phenoxy) is 1. The largest absolute Gasteiger partial charge is 0.481 e. The number of methoxy groups -OCH3 is 1. The maximum atomic E-state index is 5.83. The second-order valence-corrected chi connectivity index (χ2v) is 5.32. The van der Waals surface area contributed by atoms with Gasteiger partial charge in [-0.15, -0.1) is 0 Å². The molecule has 0 bridgehead atoms. The van der Waals surface area contributed by atoms with Crippen LogP contribution in [0.25, 0.3) is 0 Å². The normalized spacial score (nSPS) is 18.8. The minimum absolute atomic E-state index is 0.280. The van der Waals surface area contributed by atoms with E-state index in [4.69, 9.17) is 10.5 Å². The van der Waals surface area contributed by atoms with Crippen LogP contribution >= 0.6 is 0 Å². The van der Waals surface area contributed by atoms with Gasteiger partial charge in [0.15, 0.2) is 0 Å². The van der Waals surface area contributed by atoms with E-state index in [1.165, 1.54) is 0 Å². The second kappa shape index (κ2) is 5.10. The molecule has 1 saturated heterocycles. The van der Waals surface area contributed by atoms with Crippen LogP contribution in [0.1, 0.15) is 25.6 Å². The van der Waals surface area contributed by atoms with Crippen LogP contribution in [-0.4, -0.2) is 36.7 Å². The number of hydrogen-bond donors (Lipinski definition) is 1. The van der Waals surface area contributed by atoms with Crippen molar-refractivity contribution in [1.29, 1.82) is 0 Å². The SMILES string of the molecule is COc1cc(N2CCC(C)(CN)CC2)nc(C)n1. The molecular formula is C13H22N4O. The number of nitrogens with two attached hydrogens (primary N) is 1. The molecule has 0 aromatic carbocycles. The molecule has 1 aromatic rings. The molecule has 5 heteroatoms. The standard InChI is InChI=1S/C13H22N4O/c1-10-15-11(8-12(16-10)18-3)17-6-4-13(2,9-14)5-7-17/h8H,4-7,9,14H2,1-3H3. The van der Waals surface area contributed by atoms with Crippen LogP contribution in [-0.2, 0) is 0 Å². The van der Waals surface area contributed by atoms with Crippen molar-refractivity contribution in [3.8, 4) is 5.88 Å². The van der Waals surface area contributed by atoms with Gasteiger partial charge in [-0.1, -0.05) is 6.92 Å². The molecule has 2 N–H and O–H groups in total. The summed E-state index contributed by atoms with van der Waals surface area (Å²) >= 11 is 0. The maximum absolute atomic E-state index is 5.83. The van der Waals surface area contributed by atoms with Crippen LogP contribution in [0.15, 0.2) is 6.07 Å². The number of nitrogens with zero attached hydrogens (tertiary/aromatic N) is 3. The quantitative estimate of drug-likeness (QED) is 0.877. The zero-order chi connectivity index (χ0) is 13.2. The summed E-state index contributed by atoms with van der Waals surface area (Å²) in [6, 6.07) is 1.90. The minimum Gasteiger partial charge on any atom is -0.481 e. The Balaban J connectivity index is 2.12. The third-order valence-electron chi connectivity index (χ3n) is 3.80. The fourth-order valence-electron chi connectivity index (χ4n) is 2.27. The topological polar surface area (TPSA) is 64.3 Å². The van der Waals surface area contributed by atoms with Gasteiger partial charge in [0.2, 0.25) is 5.88 Å². The second-order valence-electron chi connectivity index (χ2n) is 5.32. The number of rotatable bonds is 3. The molecule has 2 heterocycles. The molecular weight excluding hydrogens is 228 g/mol. The van der Waals surface area contributed by atoms with Crippen LogP contribution in [0.5, 0.6) is 5.88 Å². The Hall–Kier alpha value is -1.36. The van der Waals surface area contributed by atoms with Crippen LogP contribution in [0.4, 0.5) is 5.82 Å². The molecule has 1 aromatic heterocycles. The first-order chi connectivity index (χ1) is 8.56. The summed E-state index contributed by atoms with van der Waals surface area (Å²) in [5, 5.41) is 0. The predicted octanol–water partition coefficient (Wildman–Crippen LogP) is 1.36. The maximum Gasteiger partial charge on any atom is 0.218 e. The Morgan fingerprint density at radius 2 is 2.06 bits per heavy atom. The van der Waals surface area contributed by atoms with E-state index in [0.717, 1.165) is 44.1 Å². The van der Waals surface area contributed by atoms with Gasteiger partial charge in [-0.05, 0) is 31.7 Å². The Bertz CT molecular complexity index is 413. The van der Waals surface area contributed by atoms with E-state index in [0.29, 0.717) is 5.88 Å². The third kappa shape index (κ3) is 2.72. The van der Waals surface area contributed by atoms with Crippen molar-refractivity contribution in [1.82, 2.24) is 9.97 Å². The lowest BCUT2D eigenvalue weighted by atomic mass is 9.80. The van der Waals surface area contributed by atoms with Crippen molar-refractivity contribution in [2.45, 2.75) is 26.7 Å². The molecule has 0 unspecified atom stereocenters. The average Bonchev–Trinajstić information content (AvgIpc) is 2.39. The molecule has 0 radical (unpaired) electrons. The Kier molecular flexibility index (Phi) is 3.71. The zero-order valence-electron chi connectivity index (χ0n) is 11.4. The Labute approximate surface area is 108 Å². The van der Waals surface area contributed by atoms with Gasteiger partial charge in [0, 0.05) is 19.2 Å². The van der Waals surface area contributed by atoms with Gasteiger partial charge in [0.05, 0.1) is 7.11 Å². The lowest BCUT2D eigenvalue weighted by molar-refractivity contribution is 0.257. The molecule has 0 aliphatic carbocycles. The van der Waals surface area contributed by atoms with E-state index in [9.17, 15) is 0 Å². The first-order valence-electron chi connectivity index (χ1n) is 6.41. The smallest absolute Gasteiger partial charge is 0.218 e. The highest BCUT2D eigenvalue weighted by Crippen LogP contribution is 2.31. The fourth-order valence-corrected chi connectivity index (χ4v) is 2.27. The molecule has 1 aliphatic rings. The van der Waals surface area contributed by atoms with Gasteiger partial charge < -0.3 is 15.4 Å². The highest BCUT2D eigenvalue weighted by atomic mass is 16.5. The summed E-state index contributed by atoms with van der Waals surface area (Å²) in [6.07, 6.45) is 2.21. The molecule has 5 nitrogen and oxygen atoms in total. The van der Waals surface area contributed by atoms with Gasteiger partial charge in [-0.25, -0.2) is 4.98 Å². The van der Waals surface area contributed by atoms with Crippen molar-refractivity contribution < 1.29 is 4.74 Å². The minimum atomic E-state index is 0.280. The van der Waals surface area contributed by atoms with Crippen LogP contribution in [0, 0.1) is 12.3 Å². The Morgan fingerprint density at radius 1 is 1.39 bits per heavy atom. The van der Waals surface area contributed by atoms with E-state index in [1.54, 1.807) is 7.11 Å². The van der Waals surface area contributed by atoms with E-state index in [1.807, 2.05) is 13.0 Å². The van der Waals surface area contributed by atoms with E-state index in [2.05, 4.69) is 21.8 Å². The molecule has 1 fully saturated rings. The van der Waals surface area contributed by atoms with Crippen molar-refractivity contribution in [3.05, 3.63) is 11.9 Å². The van der Waals surface area contributed by atoms with Crippen molar-refractivity contribution in [2.75, 3.05) is 31.6 Å². The van der Waals surface area contributed by atoms with Crippen LogP contribution in [0.3, 0.4) is 0 Å². The summed E-state index contributed by atoms with van der Waals surface area (Å²) in [5.74, 6) is 2.33. The molecule has 0 atom stereocenters. The van der Waals surface area contributed by atoms with Gasteiger partial charge in [-0.2, -0.15) is 4.98 Å². The summed E-state index contributed by atoms with van der Waals surface area (Å²) in [7, 11) is 1.63. The monoisotopic (exact) mass is 250 g/mol. The van der Waals surface area contributed by atoms with E-state index < -0.39 is 0 Å². The molecule has 0 saturated carbocycles. The summed E-state index contributed by atoms with van der Waals surface area (Å²) < 4.78 is 5.19. The van der Waals surface area contributed by atoms with Gasteiger partial charge in [0.1, 0.15) is 11.6 Å². The zero-order valence-corrected chi connectivity index (χ0v) is 11.4. The van der Waals surface area contributed by atoms with Gasteiger partial charge >= 0.3 is 0 Å². The average molecular weight is 250 g/mol. The van der Waals surface area contributed by atoms with Crippen LogP contribution < -0.4 is 15.4 Å². The van der Waals surface area contributed by atoms with Crippen LogP contribution in [0.2, 0.25) is 0 Å². The number of piperidine rings is 1. The number of aromatic nitrogens is 2. The van der Waals surface area contributed by atoms with Crippen molar-refractivity contribution >= 4 is 5.82 Å². The molecule has 100 valence electrons. The number of aryl methyl sites for hydroxylation is 1. The first-order valence-corrected chi connectivity index (χ1v) is 6.41. The molecule has 2 rings (SSSR count). The lowest BCUT2D eigenvalue weighted by Gasteiger charge is -2.39. The lowest BCUT2D eigenvalue weighted by Crippen LogP contribution is -2.42. The predicted molar refractivity (Wildman–Crippen MR) is 71.9 cm³/mol. The highest BCUT2D eigenvalue weighted by molar-refractivity contribution is 5.42. The summed E-state index contributed by atoms with van der Waals surface area (Å²) in [4.78, 5) is 11.0. The number of hydrogen-bond acceptors (Lipinski definition) is 5. The first kappa shape index (κ1) is 13.1. The molecule has 1 aliphatic heterocycles. The highest BCUT2D eigenvalue weighted by Gasteiger charge is 2.29.